The van der Waals surface area contributed by atoms with Crippen LogP contribution in [-0.4, -0.2) is 14.1 Å². The molecule has 0 amide bonds. The van der Waals surface area contributed by atoms with Crippen LogP contribution in [0.2, 0.25) is 0 Å². The summed E-state index contributed by atoms with van der Waals surface area (Å²) in [5, 5.41) is 9.91. The first-order valence-electron chi connectivity index (χ1n) is 2.20. The molecule has 6 nitrogen and oxygen atoms in total. The first-order chi connectivity index (χ1) is 3.66. The van der Waals surface area contributed by atoms with Gasteiger partial charge in [-0.1, -0.05) is 0 Å². The minimum Gasteiger partial charge on any atom is -0.609 e. The summed E-state index contributed by atoms with van der Waals surface area (Å²) in [5.74, 6) is 6.82. The Bertz CT molecular complexity index is 56.4. The molecule has 5 N–H and O–H groups in total. The quantitative estimate of drug-likeness (QED) is 0.291. The lowest BCUT2D eigenvalue weighted by atomic mass is 11.4. The maximum Gasteiger partial charge on any atom is 0.0880 e. The van der Waals surface area contributed by atoms with Crippen molar-refractivity contribution in [2.75, 3.05) is 14.1 Å². The van der Waals surface area contributed by atoms with Crippen LogP contribution < -0.4 is 21.4 Å². The fraction of sp³-hybridized carbons (Fsp3) is 1.00. The second kappa shape index (κ2) is 3.72. The molecule has 0 heterocycles. The predicted molar refractivity (Wildman–Crippen MR) is 27.7 cm³/mol. The van der Waals surface area contributed by atoms with Crippen LogP contribution in [0.3, 0.4) is 0 Å². The van der Waals surface area contributed by atoms with E-state index in [0.717, 1.165) is 0 Å². The summed E-state index contributed by atoms with van der Waals surface area (Å²) in [6.45, 7) is 0. The summed E-state index contributed by atoms with van der Waals surface area (Å²) in [6.07, 6.45) is 0. The lowest BCUT2D eigenvalue weighted by Gasteiger charge is -2.23. The molecular weight excluding hydrogens is 110 g/mol. The van der Waals surface area contributed by atoms with Crippen molar-refractivity contribution in [1.82, 2.24) is 11.0 Å². The van der Waals surface area contributed by atoms with E-state index in [4.69, 9.17) is 5.84 Å². The van der Waals surface area contributed by atoms with Crippen LogP contribution in [-0.2, 0) is 0 Å². The van der Waals surface area contributed by atoms with Gasteiger partial charge in [-0.3, -0.25) is 0 Å². The van der Waals surface area contributed by atoms with Gasteiger partial charge in [0.25, 0.3) is 0 Å². The zero-order chi connectivity index (χ0) is 6.57. The molecule has 0 aromatic rings. The first-order valence-corrected chi connectivity index (χ1v) is 2.20. The van der Waals surface area contributed by atoms with Crippen molar-refractivity contribution in [1.29, 1.82) is 0 Å². The largest absolute Gasteiger partial charge is 0.609 e. The van der Waals surface area contributed by atoms with E-state index in [-0.39, 0.29) is 10.4 Å². The second-order valence-electron chi connectivity index (χ2n) is 1.31. The summed E-state index contributed by atoms with van der Waals surface area (Å²) in [5.41, 5.74) is 4.67. The van der Waals surface area contributed by atoms with Crippen molar-refractivity contribution in [2.24, 2.45) is 0 Å². The lowest BCUT2D eigenvalue weighted by molar-refractivity contribution is -1.12. The molecule has 2 unspecified atom stereocenters. The molecule has 0 rings (SSSR count). The Labute approximate surface area is 47.7 Å². The number of hydrogen-bond acceptors (Lipinski definition) is 3. The van der Waals surface area contributed by atoms with E-state index in [0.29, 0.717) is 0 Å². The van der Waals surface area contributed by atoms with Crippen LogP contribution in [0.5, 0.6) is 0 Å². The fourth-order valence-corrected chi connectivity index (χ4v) is 0.239. The third kappa shape index (κ3) is 3.93. The van der Waals surface area contributed by atoms with Gasteiger partial charge in [-0.05, 0) is 5.53 Å². The van der Waals surface area contributed by atoms with Gasteiger partial charge in [-0.15, -0.1) is 0 Å². The summed E-state index contributed by atoms with van der Waals surface area (Å²) >= 11 is 0. The number of hydrogen-bond donors (Lipinski definition) is 4. The molecule has 0 aromatic carbocycles. The number of nitrogens with one attached hydrogen (secondary N) is 5. The fourth-order valence-electron chi connectivity index (χ4n) is 0.239. The van der Waals surface area contributed by atoms with Gasteiger partial charge in [0.1, 0.15) is 0 Å². The van der Waals surface area contributed by atoms with Crippen LogP contribution in [0.4, 0.5) is 0 Å². The van der Waals surface area contributed by atoms with E-state index in [9.17, 15) is 5.21 Å². The van der Waals surface area contributed by atoms with E-state index in [1.165, 1.54) is 7.05 Å². The van der Waals surface area contributed by atoms with Gasteiger partial charge in [0.15, 0.2) is 0 Å². The monoisotopic (exact) mass is 121 g/mol. The lowest BCUT2D eigenvalue weighted by Crippen LogP contribution is -3.36. The summed E-state index contributed by atoms with van der Waals surface area (Å²) in [6, 6.07) is 0. The highest BCUT2D eigenvalue weighted by atomic mass is 16.6. The van der Waals surface area contributed by atoms with Gasteiger partial charge in [-0.25, -0.2) is 10.4 Å². The molecular formula is C2H11N5O. The van der Waals surface area contributed by atoms with Crippen LogP contribution in [0.1, 0.15) is 0 Å². The normalized spacial score (nSPS) is 18.0. The number of hydroxylamine groups is 1. The standard InChI is InChI=1S/C2H11N5O/c1-4-7(3)5-6(2)8/h3-7H,1-2H3. The highest BCUT2D eigenvalue weighted by molar-refractivity contribution is 3.93. The van der Waals surface area contributed by atoms with Crippen molar-refractivity contribution in [3.8, 4) is 0 Å². The van der Waals surface area contributed by atoms with Gasteiger partial charge < -0.3 is 11.0 Å². The molecule has 0 bridgehead atoms. The van der Waals surface area contributed by atoms with Crippen LogP contribution >= 0.6 is 0 Å². The SMILES string of the molecule is CN[NH+]([NH-])N[NH+](C)[O-]. The molecule has 6 heteroatoms. The Balaban J connectivity index is 3.10. The summed E-state index contributed by atoms with van der Waals surface area (Å²) in [4.78, 5) is 0. The minimum absolute atomic E-state index is 0.0255. The van der Waals surface area contributed by atoms with Crippen molar-refractivity contribution in [3.63, 3.8) is 0 Å². The van der Waals surface area contributed by atoms with Gasteiger partial charge in [0, 0.05) is 7.05 Å². The molecule has 0 aliphatic rings. The van der Waals surface area contributed by atoms with Crippen LogP contribution in [0.15, 0.2) is 0 Å². The average Bonchev–Trinajstić information content (AvgIpc) is 1.65. The Hall–Kier alpha value is -0.240. The summed E-state index contributed by atoms with van der Waals surface area (Å²) in [7, 11) is 2.92. The van der Waals surface area contributed by atoms with Crippen LogP contribution in [0, 0.1) is 5.21 Å². The van der Waals surface area contributed by atoms with E-state index < -0.39 is 0 Å². The Kier molecular flexibility index (Phi) is 3.61. The first kappa shape index (κ1) is 7.76. The van der Waals surface area contributed by atoms with E-state index in [1.54, 1.807) is 7.05 Å². The van der Waals surface area contributed by atoms with Crippen LogP contribution in [0.25, 0.3) is 5.84 Å². The van der Waals surface area contributed by atoms with Crippen molar-refractivity contribution in [3.05, 3.63) is 11.0 Å². The van der Waals surface area contributed by atoms with Gasteiger partial charge in [-0.2, -0.15) is 5.43 Å². The molecule has 2 atom stereocenters. The molecule has 0 saturated carbocycles. The molecule has 50 valence electrons. The Morgan fingerprint density at radius 2 is 2.12 bits per heavy atom. The number of rotatable bonds is 3. The average molecular weight is 121 g/mol. The smallest absolute Gasteiger partial charge is 0.0880 e. The molecule has 0 aromatic heterocycles. The zero-order valence-corrected chi connectivity index (χ0v) is 4.91. The van der Waals surface area contributed by atoms with Gasteiger partial charge >= 0.3 is 0 Å². The molecule has 0 fully saturated rings. The second-order valence-corrected chi connectivity index (χ2v) is 1.31. The predicted octanol–water partition coefficient (Wildman–Crippen LogP) is -3.59. The van der Waals surface area contributed by atoms with E-state index >= 15 is 0 Å². The molecule has 0 saturated heterocycles. The Morgan fingerprint density at radius 3 is 2.25 bits per heavy atom. The van der Waals surface area contributed by atoms with Gasteiger partial charge in [0.2, 0.25) is 0 Å². The van der Waals surface area contributed by atoms with Crippen molar-refractivity contribution >= 4 is 0 Å². The third-order valence-corrected chi connectivity index (χ3v) is 0.551. The highest BCUT2D eigenvalue weighted by Gasteiger charge is 1.88. The van der Waals surface area contributed by atoms with Crippen molar-refractivity contribution < 1.29 is 10.4 Å². The molecule has 0 radical (unpaired) electrons. The Morgan fingerprint density at radius 1 is 1.62 bits per heavy atom. The summed E-state index contributed by atoms with van der Waals surface area (Å²) < 4.78 is 0. The molecule has 0 aliphatic heterocycles. The third-order valence-electron chi connectivity index (χ3n) is 0.551. The molecule has 8 heavy (non-hydrogen) atoms. The zero-order valence-electron chi connectivity index (χ0n) is 4.91. The van der Waals surface area contributed by atoms with Gasteiger partial charge in [0.05, 0.1) is 7.05 Å². The maximum absolute atomic E-state index is 10.1. The number of quaternary nitrogens is 2. The topological polar surface area (TPSA) is 79.8 Å². The highest BCUT2D eigenvalue weighted by Crippen LogP contribution is 1.12. The minimum atomic E-state index is -0.232. The molecule has 0 aliphatic carbocycles. The van der Waals surface area contributed by atoms with E-state index in [1.807, 2.05) is 0 Å². The molecule has 0 spiro atoms. The van der Waals surface area contributed by atoms with Crippen molar-refractivity contribution in [2.45, 2.75) is 0 Å². The van der Waals surface area contributed by atoms with E-state index in [2.05, 4.69) is 11.0 Å². The maximum atomic E-state index is 10.1.